The van der Waals surface area contributed by atoms with Gasteiger partial charge in [0, 0.05) is 7.11 Å². The summed E-state index contributed by atoms with van der Waals surface area (Å²) in [6, 6.07) is 7.74. The molecule has 4 nitrogen and oxygen atoms in total. The monoisotopic (exact) mass is 354 g/mol. The van der Waals surface area contributed by atoms with Crippen molar-refractivity contribution in [1.29, 1.82) is 0 Å². The van der Waals surface area contributed by atoms with Crippen molar-refractivity contribution in [3.8, 4) is 0 Å². The van der Waals surface area contributed by atoms with Gasteiger partial charge in [0.05, 0.1) is 12.6 Å². The summed E-state index contributed by atoms with van der Waals surface area (Å²) in [4.78, 5) is 12.4. The van der Waals surface area contributed by atoms with E-state index in [0.717, 1.165) is 12.8 Å². The molecule has 0 spiro atoms. The Morgan fingerprint density at radius 2 is 2.08 bits per heavy atom. The lowest BCUT2D eigenvalue weighted by molar-refractivity contribution is -0.124. The van der Waals surface area contributed by atoms with Crippen LogP contribution in [-0.4, -0.2) is 25.7 Å². The van der Waals surface area contributed by atoms with Crippen LogP contribution in [0.2, 0.25) is 0 Å². The molecule has 0 aliphatic heterocycles. The number of nitrogens with one attached hydrogen (secondary N) is 1. The van der Waals surface area contributed by atoms with E-state index >= 15 is 0 Å². The number of hydrogen-bond acceptors (Lipinski definition) is 3. The zero-order valence-corrected chi connectivity index (χ0v) is 15.8. The average molecular weight is 355 g/mol. The van der Waals surface area contributed by atoms with Gasteiger partial charge in [0.15, 0.2) is 0 Å². The highest BCUT2D eigenvalue weighted by Crippen LogP contribution is 2.38. The molecule has 1 aliphatic rings. The standard InChI is InChI=1S/C19H30N2O2.ClH/c1-13-7-6-9-15(11-13)18(16-10-5-4-8-14(16)2)21-19(22)17(20)12-23-3;/h4-5,8,10,13,15,17-18H,6-7,9,11-12,20H2,1-3H3,(H,21,22);1H. The van der Waals surface area contributed by atoms with Crippen LogP contribution < -0.4 is 11.1 Å². The SMILES string of the molecule is COCC(N)C(=O)NC(c1ccccc1C)C1CCCC(C)C1.Cl. The Hall–Kier alpha value is -1.10. The third-order valence-corrected chi connectivity index (χ3v) is 4.95. The lowest BCUT2D eigenvalue weighted by Crippen LogP contribution is -2.46. The van der Waals surface area contributed by atoms with E-state index in [1.54, 1.807) is 7.11 Å². The van der Waals surface area contributed by atoms with Gasteiger partial charge in [-0.05, 0) is 42.7 Å². The van der Waals surface area contributed by atoms with Gasteiger partial charge in [-0.2, -0.15) is 0 Å². The molecule has 1 saturated carbocycles. The molecule has 0 aromatic heterocycles. The summed E-state index contributed by atoms with van der Waals surface area (Å²) in [7, 11) is 1.56. The maximum absolute atomic E-state index is 12.4. The minimum atomic E-state index is -0.618. The molecule has 5 heteroatoms. The molecule has 1 aromatic carbocycles. The van der Waals surface area contributed by atoms with Gasteiger partial charge in [-0.3, -0.25) is 4.79 Å². The van der Waals surface area contributed by atoms with Gasteiger partial charge in [-0.1, -0.05) is 44.0 Å². The number of ether oxygens (including phenoxy) is 1. The summed E-state index contributed by atoms with van der Waals surface area (Å²) >= 11 is 0. The number of hydrogen-bond donors (Lipinski definition) is 2. The molecule has 2 rings (SSSR count). The first kappa shape index (κ1) is 20.9. The molecule has 3 N–H and O–H groups in total. The number of benzene rings is 1. The fraction of sp³-hybridized carbons (Fsp3) is 0.632. The van der Waals surface area contributed by atoms with Gasteiger partial charge in [0.25, 0.3) is 0 Å². The highest BCUT2D eigenvalue weighted by molar-refractivity contribution is 5.85. The normalized spacial score (nSPS) is 23.0. The Morgan fingerprint density at radius 3 is 2.71 bits per heavy atom. The maximum atomic E-state index is 12.4. The minimum absolute atomic E-state index is 0. The predicted molar refractivity (Wildman–Crippen MR) is 100 cm³/mol. The van der Waals surface area contributed by atoms with Crippen molar-refractivity contribution in [1.82, 2.24) is 5.32 Å². The van der Waals surface area contributed by atoms with Crippen molar-refractivity contribution >= 4 is 18.3 Å². The van der Waals surface area contributed by atoms with Gasteiger partial charge < -0.3 is 15.8 Å². The Morgan fingerprint density at radius 1 is 1.38 bits per heavy atom. The summed E-state index contributed by atoms with van der Waals surface area (Å²) < 4.78 is 5.01. The van der Waals surface area contributed by atoms with E-state index < -0.39 is 6.04 Å². The Labute approximate surface area is 151 Å². The molecule has 24 heavy (non-hydrogen) atoms. The molecule has 136 valence electrons. The van der Waals surface area contributed by atoms with Gasteiger partial charge >= 0.3 is 0 Å². The quantitative estimate of drug-likeness (QED) is 0.823. The molecule has 4 unspecified atom stereocenters. The topological polar surface area (TPSA) is 64.3 Å². The van der Waals surface area contributed by atoms with Crippen LogP contribution in [0.5, 0.6) is 0 Å². The van der Waals surface area contributed by atoms with E-state index in [0.29, 0.717) is 11.8 Å². The fourth-order valence-electron chi connectivity index (χ4n) is 3.68. The molecular weight excluding hydrogens is 324 g/mol. The number of carbonyl (C=O) groups excluding carboxylic acids is 1. The predicted octanol–water partition coefficient (Wildman–Crippen LogP) is 3.37. The van der Waals surface area contributed by atoms with Crippen LogP contribution in [-0.2, 0) is 9.53 Å². The Bertz CT molecular complexity index is 524. The van der Waals surface area contributed by atoms with E-state index in [1.165, 1.54) is 24.0 Å². The van der Waals surface area contributed by atoms with Crippen LogP contribution in [0.1, 0.15) is 49.8 Å². The Balaban J connectivity index is 0.00000288. The highest BCUT2D eigenvalue weighted by atomic mass is 35.5. The van der Waals surface area contributed by atoms with E-state index in [2.05, 4.69) is 31.3 Å². The molecule has 1 aliphatic carbocycles. The number of aryl methyl sites for hydroxylation is 1. The summed E-state index contributed by atoms with van der Waals surface area (Å²) in [5.41, 5.74) is 8.34. The molecule has 1 aromatic rings. The number of halogens is 1. The lowest BCUT2D eigenvalue weighted by Gasteiger charge is -2.35. The van der Waals surface area contributed by atoms with Crippen molar-refractivity contribution in [3.63, 3.8) is 0 Å². The molecule has 0 radical (unpaired) electrons. The van der Waals surface area contributed by atoms with E-state index in [-0.39, 0.29) is 31.0 Å². The number of nitrogens with two attached hydrogens (primary N) is 1. The molecule has 0 bridgehead atoms. The minimum Gasteiger partial charge on any atom is -0.383 e. The van der Waals surface area contributed by atoms with Gasteiger partial charge in [0.1, 0.15) is 6.04 Å². The van der Waals surface area contributed by atoms with Gasteiger partial charge in [-0.15, -0.1) is 12.4 Å². The van der Waals surface area contributed by atoms with Crippen molar-refractivity contribution in [3.05, 3.63) is 35.4 Å². The summed E-state index contributed by atoms with van der Waals surface area (Å²) in [6.45, 7) is 4.66. The molecule has 0 heterocycles. The van der Waals surface area contributed by atoms with Crippen LogP contribution in [0.3, 0.4) is 0 Å². The number of rotatable bonds is 6. The fourth-order valence-corrected chi connectivity index (χ4v) is 3.68. The van der Waals surface area contributed by atoms with Crippen LogP contribution in [0.15, 0.2) is 24.3 Å². The van der Waals surface area contributed by atoms with E-state index in [9.17, 15) is 4.79 Å². The van der Waals surface area contributed by atoms with Gasteiger partial charge in [0.2, 0.25) is 5.91 Å². The summed E-state index contributed by atoms with van der Waals surface area (Å²) in [5.74, 6) is 1.06. The van der Waals surface area contributed by atoms with Crippen LogP contribution in [0.4, 0.5) is 0 Å². The second kappa shape index (κ2) is 10.0. The van der Waals surface area contributed by atoms with E-state index in [1.807, 2.05) is 12.1 Å². The first-order valence-electron chi connectivity index (χ1n) is 8.63. The van der Waals surface area contributed by atoms with Crippen molar-refractivity contribution in [2.75, 3.05) is 13.7 Å². The molecule has 1 amide bonds. The van der Waals surface area contributed by atoms with E-state index in [4.69, 9.17) is 10.5 Å². The van der Waals surface area contributed by atoms with Gasteiger partial charge in [-0.25, -0.2) is 0 Å². The zero-order valence-electron chi connectivity index (χ0n) is 15.0. The summed E-state index contributed by atoms with van der Waals surface area (Å²) in [5, 5.41) is 3.21. The third-order valence-electron chi connectivity index (χ3n) is 4.95. The molecule has 0 saturated heterocycles. The maximum Gasteiger partial charge on any atom is 0.239 e. The summed E-state index contributed by atoms with van der Waals surface area (Å²) in [6.07, 6.45) is 4.82. The van der Waals surface area contributed by atoms with Crippen LogP contribution >= 0.6 is 12.4 Å². The second-order valence-corrected chi connectivity index (χ2v) is 6.94. The molecule has 1 fully saturated rings. The zero-order chi connectivity index (χ0) is 16.8. The third kappa shape index (κ3) is 5.47. The molecular formula is C19H31ClN2O2. The largest absolute Gasteiger partial charge is 0.383 e. The first-order valence-corrected chi connectivity index (χ1v) is 8.63. The van der Waals surface area contributed by atoms with Crippen LogP contribution in [0, 0.1) is 18.8 Å². The first-order chi connectivity index (χ1) is 11.0. The number of methoxy groups -OCH3 is 1. The van der Waals surface area contributed by atoms with Crippen molar-refractivity contribution < 1.29 is 9.53 Å². The van der Waals surface area contributed by atoms with Crippen LogP contribution in [0.25, 0.3) is 0 Å². The Kier molecular flexibility index (Phi) is 8.74. The number of amides is 1. The number of carbonyl (C=O) groups is 1. The van der Waals surface area contributed by atoms with Crippen molar-refractivity contribution in [2.45, 2.75) is 51.6 Å². The van der Waals surface area contributed by atoms with Crippen molar-refractivity contribution in [2.24, 2.45) is 17.6 Å². The lowest BCUT2D eigenvalue weighted by atomic mass is 9.76. The highest BCUT2D eigenvalue weighted by Gasteiger charge is 2.30. The smallest absolute Gasteiger partial charge is 0.239 e. The molecule has 4 atom stereocenters. The average Bonchev–Trinajstić information content (AvgIpc) is 2.53. The second-order valence-electron chi connectivity index (χ2n) is 6.94.